The van der Waals surface area contributed by atoms with Gasteiger partial charge < -0.3 is 14.7 Å². The van der Waals surface area contributed by atoms with E-state index in [1.165, 1.54) is 10.8 Å². The van der Waals surface area contributed by atoms with E-state index in [1.807, 2.05) is 83.8 Å². The molecule has 27 rings (SSSR count). The first-order valence-electron chi connectivity index (χ1n) is 69.0. The number of fused-ring (bicyclic) bond motifs is 19. The van der Waals surface area contributed by atoms with Gasteiger partial charge in [0.05, 0.1) is 91.1 Å². The van der Waals surface area contributed by atoms with Crippen LogP contribution in [0.15, 0.2) is 514 Å². The fourth-order valence-electron chi connectivity index (χ4n) is 17.1. The molecule has 0 spiro atoms. The molecule has 27 aromatic rings. The molecule has 638 valence electrons. The van der Waals surface area contributed by atoms with Crippen LogP contribution in [0, 0.1) is 0 Å². The van der Waals surface area contributed by atoms with Crippen molar-refractivity contribution >= 4 is 221 Å². The van der Waals surface area contributed by atoms with Crippen LogP contribution in [0.25, 0.3) is 192 Å². The van der Waals surface area contributed by atoms with E-state index in [0.29, 0.717) is 27.5 Å². The highest BCUT2D eigenvalue weighted by Gasteiger charge is 2.25. The summed E-state index contributed by atoms with van der Waals surface area (Å²) in [6.45, 7) is 0. The van der Waals surface area contributed by atoms with E-state index in [9.17, 15) is 21.9 Å². The van der Waals surface area contributed by atoms with Gasteiger partial charge >= 0.3 is 0 Å². The highest BCUT2D eigenvalue weighted by Crippen LogP contribution is 2.52. The lowest BCUT2D eigenvalue weighted by Gasteiger charge is -2.27. The summed E-state index contributed by atoms with van der Waals surface area (Å²) < 4.78 is 484. The standard InChI is InChI=1S/C48H31NS.C44H29NS.C38H25NS/c1-3-14-38-32(11-1)13-9-19-39(38)33-23-27-36(28-24-33)49(45-20-10-22-47-48(45)43-18-7-8-21-46(43)50-47)37-29-25-34(26-30-37)44-31-35-12-2-4-15-40(35)41-16-5-6-17-42(41)44;1-2-11-30(12-3-1)31-21-25-34(26-22-31)45(41-18-10-20-43-44(41)39-17-8-9-19-42(39)46-43)35-27-23-32(24-28-35)40-29-33-13-4-5-14-36(33)37-15-6-7-16-38(37)40;1-2-12-28(13-3-1)39(35-18-10-20-37-38(35)33-17-8-9-19-36(33)40-37)29-23-21-26(22-24-29)34-25-27-11-4-5-14-30(27)31-15-6-7-16-32(31)34/h1-31H;1-29H;1-25H/i2D,4D,5D,6D,7D,8D,10D,12D,15D,16D,17D,18D,20D,21D,22D,25D,26D,29D,30D,31D;1D,2D,3D,4D,5D,6D,7D,8D,9D,10D,11D,12D,13D,14D,15D,16D,17D,18D,19D,20D,21D,22D,23D,24D,25D,26D,27D,28D,29D;1D,2D,3D,12D,13D. The third-order valence-electron chi connectivity index (χ3n) is 23.1. The van der Waals surface area contributed by atoms with Gasteiger partial charge in [-0.2, -0.15) is 0 Å². The molecule has 3 heterocycles. The molecule has 136 heavy (non-hydrogen) atoms. The van der Waals surface area contributed by atoms with E-state index in [-0.39, 0.29) is 70.8 Å². The van der Waals surface area contributed by atoms with Gasteiger partial charge in [-0.05, 0) is 276 Å². The third kappa shape index (κ3) is 14.8. The molecule has 0 unspecified atom stereocenters. The molecule has 0 amide bonds. The van der Waals surface area contributed by atoms with Crippen LogP contribution in [0.5, 0.6) is 0 Å². The number of para-hydroxylation sites is 1. The van der Waals surface area contributed by atoms with E-state index in [1.54, 1.807) is 35.6 Å². The highest BCUT2D eigenvalue weighted by molar-refractivity contribution is 7.26. The molecule has 0 saturated carbocycles. The molecule has 3 nitrogen and oxygen atoms in total. The lowest BCUT2D eigenvalue weighted by molar-refractivity contribution is 1.30. The van der Waals surface area contributed by atoms with E-state index in [4.69, 9.17) is 52.1 Å². The van der Waals surface area contributed by atoms with Crippen molar-refractivity contribution in [3.63, 3.8) is 0 Å². The Balaban J connectivity index is 0.000000143. The number of nitrogens with zero attached hydrogens (tertiary/aromatic N) is 3. The maximum Gasteiger partial charge on any atom is 0.0645 e. The minimum atomic E-state index is -1.24. The fourth-order valence-corrected chi connectivity index (χ4v) is 20.1. The molecule has 6 heteroatoms. The molecular weight excluding hydrogens is 1700 g/mol. The summed E-state index contributed by atoms with van der Waals surface area (Å²) in [6.07, 6.45) is 0. The van der Waals surface area contributed by atoms with Crippen molar-refractivity contribution in [2.45, 2.75) is 0 Å². The van der Waals surface area contributed by atoms with Crippen molar-refractivity contribution in [2.24, 2.45) is 0 Å². The summed E-state index contributed by atoms with van der Waals surface area (Å²) >= 11 is 3.02. The summed E-state index contributed by atoms with van der Waals surface area (Å²) in [5.74, 6) is 0. The molecule has 0 N–H and O–H groups in total. The van der Waals surface area contributed by atoms with Crippen LogP contribution in [0.4, 0.5) is 51.2 Å². The number of anilines is 9. The Bertz CT molecular complexity index is 12700. The number of benzene rings is 24. The lowest BCUT2D eigenvalue weighted by atomic mass is 9.93. The second-order valence-corrected chi connectivity index (χ2v) is 33.8. The van der Waals surface area contributed by atoms with Crippen LogP contribution in [-0.2, 0) is 0 Å². The minimum absolute atomic E-state index is 0.00408. The van der Waals surface area contributed by atoms with Gasteiger partial charge in [-0.15, -0.1) is 34.0 Å². The van der Waals surface area contributed by atoms with Gasteiger partial charge in [-0.1, -0.05) is 369 Å². The molecule has 0 radical (unpaired) electrons. The summed E-state index contributed by atoms with van der Waals surface area (Å²) in [5.41, 5.74) is -3.12. The zero-order chi connectivity index (χ0) is 137. The summed E-state index contributed by atoms with van der Waals surface area (Å²) in [4.78, 5) is 3.47. The van der Waals surface area contributed by atoms with E-state index in [0.717, 1.165) is 80.3 Å². The van der Waals surface area contributed by atoms with Crippen molar-refractivity contribution < 1.29 is 74.0 Å². The fraction of sp³-hybridized carbons (Fsp3) is 0. The van der Waals surface area contributed by atoms with Crippen LogP contribution in [0.3, 0.4) is 0 Å². The molecule has 0 saturated heterocycles. The Morgan fingerprint density at radius 2 is 0.537 bits per heavy atom. The Hall–Kier alpha value is -16.8. The maximum absolute atomic E-state index is 9.78. The summed E-state index contributed by atoms with van der Waals surface area (Å²) in [5, 5.41) is 3.17. The number of hydrogen-bond donors (Lipinski definition) is 0. The number of hydrogen-bond acceptors (Lipinski definition) is 6. The van der Waals surface area contributed by atoms with Crippen molar-refractivity contribution in [1.29, 1.82) is 0 Å². The number of rotatable bonds is 14. The Kier molecular flexibility index (Phi) is 11.0. The second kappa shape index (κ2) is 35.0. The molecule has 0 bridgehead atoms. The van der Waals surface area contributed by atoms with Crippen LogP contribution in [0.2, 0.25) is 0 Å². The van der Waals surface area contributed by atoms with Crippen molar-refractivity contribution in [2.75, 3.05) is 14.7 Å². The van der Waals surface area contributed by atoms with Gasteiger partial charge in [0.1, 0.15) is 0 Å². The molecule has 0 aliphatic heterocycles. The van der Waals surface area contributed by atoms with E-state index >= 15 is 0 Å². The van der Waals surface area contributed by atoms with Gasteiger partial charge in [0, 0.05) is 94.6 Å². The first kappa shape index (κ1) is 42.8. The van der Waals surface area contributed by atoms with Crippen molar-refractivity contribution in [3.8, 4) is 55.6 Å². The zero-order valence-corrected chi connectivity index (χ0v) is 72.4. The van der Waals surface area contributed by atoms with Gasteiger partial charge in [-0.3, -0.25) is 0 Å². The first-order chi connectivity index (χ1) is 89.9. The van der Waals surface area contributed by atoms with Gasteiger partial charge in [0.25, 0.3) is 0 Å². The Labute approximate surface area is 876 Å². The van der Waals surface area contributed by atoms with E-state index < -0.39 is 412 Å². The van der Waals surface area contributed by atoms with Gasteiger partial charge in [0.15, 0.2) is 0 Å². The second-order valence-electron chi connectivity index (χ2n) is 30.7. The largest absolute Gasteiger partial charge is 0.310 e. The normalized spacial score (nSPS) is 17.1. The molecule has 0 atom stereocenters. The van der Waals surface area contributed by atoms with Crippen LogP contribution in [0.1, 0.15) is 74.0 Å². The minimum Gasteiger partial charge on any atom is -0.310 e. The predicted molar refractivity (Wildman–Crippen MR) is 592 cm³/mol. The molecule has 0 aliphatic rings. The predicted octanol–water partition coefficient (Wildman–Crippen LogP) is 39.0. The van der Waals surface area contributed by atoms with Crippen molar-refractivity contribution in [1.82, 2.24) is 0 Å². The summed E-state index contributed by atoms with van der Waals surface area (Å²) in [7, 11) is 0. The SMILES string of the molecule is [2H]c1c([2H])c(N(c2ccc(-c3cccc4ccccc34)cc2)c2c([2H])c([2H])c([2H])c3sc4c([2H])c([2H])c([2H])c([2H])c4c23)c([2H])c([2H])c1-c1c([2H])c2c([2H])c([2H])c([2H])c([2H])c2c2c([2H])c([2H])c([2H])c([2H])c12.[2H]c1c([2H])c([2H])c(-c2c([2H])c([2H])c(N(c3c([2H])c([2H])c(-c4c([2H])c5c([2H])c([2H])c([2H])c([2H])c5c5c([2H])c([2H])c([2H])c([2H])c45)c([2H])c3[2H])c3c([2H])c([2H])c([2H])c4sc5c([2H])c([2H])c([2H])c([2H])c5c34)c([2H])c2[2H])c([2H])c1[2H].[2H]c1c([2H])c([2H])c(N(c2ccc(-c3cc4ccccc4c4ccccc34)cc2)c2cccc3sc4ccccc4c23)c([2H])c1[2H]. The average molecular weight is 1840 g/mol. The lowest BCUT2D eigenvalue weighted by Crippen LogP contribution is -2.10. The topological polar surface area (TPSA) is 9.72 Å². The number of thiophene rings is 3. The monoisotopic (exact) mass is 1840 g/mol. The molecule has 0 aliphatic carbocycles. The smallest absolute Gasteiger partial charge is 0.0645 e. The highest BCUT2D eigenvalue weighted by atomic mass is 32.1. The molecule has 3 aromatic heterocycles. The Morgan fingerprint density at radius 1 is 0.162 bits per heavy atom. The first-order valence-corrected chi connectivity index (χ1v) is 44.5. The van der Waals surface area contributed by atoms with E-state index in [2.05, 4.69) is 84.9 Å². The van der Waals surface area contributed by atoms with Crippen molar-refractivity contribution in [3.05, 3.63) is 514 Å². The molecule has 0 fully saturated rings. The molecule has 24 aromatic carbocycles. The quantitative estimate of drug-likeness (QED) is 0.100. The van der Waals surface area contributed by atoms with Gasteiger partial charge in [-0.25, -0.2) is 0 Å². The maximum atomic E-state index is 9.78. The summed E-state index contributed by atoms with van der Waals surface area (Å²) in [6, 6.07) is 17.6. The zero-order valence-electron chi connectivity index (χ0n) is 124. The van der Waals surface area contributed by atoms with Gasteiger partial charge in [0.2, 0.25) is 0 Å². The molecular formula is C130H85N3S3. The average Bonchev–Trinajstić information content (AvgIpc) is 1.20. The van der Waals surface area contributed by atoms with Crippen LogP contribution >= 0.6 is 34.0 Å². The van der Waals surface area contributed by atoms with Crippen LogP contribution in [-0.4, -0.2) is 0 Å². The van der Waals surface area contributed by atoms with Crippen LogP contribution < -0.4 is 14.7 Å². The Morgan fingerprint density at radius 3 is 1.10 bits per heavy atom. The third-order valence-corrected chi connectivity index (χ3v) is 26.2.